The van der Waals surface area contributed by atoms with Crippen molar-refractivity contribution in [3.05, 3.63) is 64.2 Å². The summed E-state index contributed by atoms with van der Waals surface area (Å²) in [4.78, 5) is 23.7. The predicted octanol–water partition coefficient (Wildman–Crippen LogP) is 4.73. The van der Waals surface area contributed by atoms with Crippen molar-refractivity contribution in [1.29, 1.82) is 0 Å². The summed E-state index contributed by atoms with van der Waals surface area (Å²) >= 11 is 6.28. The van der Waals surface area contributed by atoms with E-state index >= 15 is 0 Å². The Hall–Kier alpha value is -1.70. The quantitative estimate of drug-likeness (QED) is 0.629. The van der Waals surface area contributed by atoms with Crippen molar-refractivity contribution >= 4 is 50.1 Å². The second-order valence-electron chi connectivity index (χ2n) is 4.59. The van der Waals surface area contributed by atoms with Crippen molar-refractivity contribution in [2.24, 2.45) is 0 Å². The van der Waals surface area contributed by atoms with Crippen LogP contribution in [0, 0.1) is 0 Å². The lowest BCUT2D eigenvalue weighted by atomic mass is 10.2. The lowest BCUT2D eigenvalue weighted by molar-refractivity contribution is 0.0990. The highest BCUT2D eigenvalue weighted by atomic mass is 79.9. The summed E-state index contributed by atoms with van der Waals surface area (Å²) in [5.41, 5.74) is 0.639. The lowest BCUT2D eigenvalue weighted by Crippen LogP contribution is -2.26. The van der Waals surface area contributed by atoms with E-state index in [9.17, 15) is 4.79 Å². The van der Waals surface area contributed by atoms with Crippen LogP contribution >= 0.6 is 39.0 Å². The number of hydrogen-bond acceptors (Lipinski definition) is 5. The van der Waals surface area contributed by atoms with Gasteiger partial charge in [0.2, 0.25) is 0 Å². The Morgan fingerprint density at radius 3 is 2.74 bits per heavy atom. The first-order chi connectivity index (χ1) is 11.1. The van der Waals surface area contributed by atoms with E-state index in [1.807, 2.05) is 41.8 Å². The van der Waals surface area contributed by atoms with Gasteiger partial charge in [-0.3, -0.25) is 9.69 Å². The lowest BCUT2D eigenvalue weighted by Gasteiger charge is -2.16. The van der Waals surface area contributed by atoms with Gasteiger partial charge in [-0.2, -0.15) is 0 Å². The van der Waals surface area contributed by atoms with E-state index in [-0.39, 0.29) is 5.91 Å². The summed E-state index contributed by atoms with van der Waals surface area (Å²) in [6.45, 7) is 0. The first-order valence-electron chi connectivity index (χ1n) is 6.71. The Morgan fingerprint density at radius 2 is 2.04 bits per heavy atom. The van der Waals surface area contributed by atoms with Crippen molar-refractivity contribution in [2.45, 2.75) is 9.92 Å². The number of rotatable bonds is 4. The third kappa shape index (κ3) is 3.80. The highest BCUT2D eigenvalue weighted by Gasteiger charge is 2.19. The van der Waals surface area contributed by atoms with Crippen molar-refractivity contribution < 1.29 is 4.79 Å². The number of anilines is 1. The van der Waals surface area contributed by atoms with Crippen molar-refractivity contribution in [1.82, 2.24) is 9.97 Å². The van der Waals surface area contributed by atoms with E-state index in [0.717, 1.165) is 14.4 Å². The summed E-state index contributed by atoms with van der Waals surface area (Å²) in [5, 5.41) is 3.37. The number of aromatic nitrogens is 2. The maximum absolute atomic E-state index is 12.8. The second kappa shape index (κ2) is 7.25. The predicted molar refractivity (Wildman–Crippen MR) is 97.3 cm³/mol. The molecule has 0 spiro atoms. The second-order valence-corrected chi connectivity index (χ2v) is 7.44. The van der Waals surface area contributed by atoms with Crippen LogP contribution in [0.4, 0.5) is 5.13 Å². The van der Waals surface area contributed by atoms with Gasteiger partial charge in [0.05, 0.1) is 5.56 Å². The molecule has 0 unspecified atom stereocenters. The minimum atomic E-state index is -0.0832. The maximum Gasteiger partial charge on any atom is 0.260 e. The van der Waals surface area contributed by atoms with Gasteiger partial charge in [-0.05, 0) is 40.2 Å². The van der Waals surface area contributed by atoms with E-state index in [1.165, 1.54) is 23.1 Å². The fraction of sp³-hybridized carbons (Fsp3) is 0.0625. The summed E-state index contributed by atoms with van der Waals surface area (Å²) in [5.74, 6) is -0.0832. The molecule has 1 aromatic carbocycles. The highest BCUT2D eigenvalue weighted by Crippen LogP contribution is 2.31. The topological polar surface area (TPSA) is 46.1 Å². The largest absolute Gasteiger partial charge is 0.287 e. The van der Waals surface area contributed by atoms with E-state index in [0.29, 0.717) is 10.7 Å². The van der Waals surface area contributed by atoms with E-state index in [4.69, 9.17) is 0 Å². The Labute approximate surface area is 150 Å². The summed E-state index contributed by atoms with van der Waals surface area (Å²) in [7, 11) is 1.74. The summed E-state index contributed by atoms with van der Waals surface area (Å²) in [6.07, 6.45) is 3.44. The van der Waals surface area contributed by atoms with E-state index in [1.54, 1.807) is 24.3 Å². The molecule has 7 heteroatoms. The van der Waals surface area contributed by atoms with Gasteiger partial charge in [0.25, 0.3) is 5.91 Å². The highest BCUT2D eigenvalue weighted by molar-refractivity contribution is 9.10. The minimum absolute atomic E-state index is 0.0832. The number of carbonyl (C=O) groups is 1. The molecule has 3 aromatic rings. The van der Waals surface area contributed by atoms with Crippen LogP contribution in [-0.4, -0.2) is 22.9 Å². The Morgan fingerprint density at radius 1 is 1.22 bits per heavy atom. The third-order valence-electron chi connectivity index (χ3n) is 3.04. The van der Waals surface area contributed by atoms with Crippen LogP contribution in [-0.2, 0) is 0 Å². The average molecular weight is 406 g/mol. The minimum Gasteiger partial charge on any atom is -0.287 e. The number of nitrogens with zero attached hydrogens (tertiary/aromatic N) is 3. The van der Waals surface area contributed by atoms with E-state index < -0.39 is 0 Å². The zero-order valence-corrected chi connectivity index (χ0v) is 15.4. The van der Waals surface area contributed by atoms with Crippen molar-refractivity contribution in [2.75, 3.05) is 11.9 Å². The van der Waals surface area contributed by atoms with Crippen LogP contribution in [0.25, 0.3) is 0 Å². The summed E-state index contributed by atoms with van der Waals surface area (Å²) in [6, 6.07) is 11.4. The number of carbonyl (C=O) groups excluding carboxylic acids is 1. The maximum atomic E-state index is 12.8. The molecule has 0 aliphatic rings. The van der Waals surface area contributed by atoms with Crippen molar-refractivity contribution in [3.8, 4) is 0 Å². The van der Waals surface area contributed by atoms with Gasteiger partial charge in [0.1, 0.15) is 5.03 Å². The number of halogens is 1. The van der Waals surface area contributed by atoms with Crippen LogP contribution in [0.2, 0.25) is 0 Å². The van der Waals surface area contributed by atoms with E-state index in [2.05, 4.69) is 25.9 Å². The molecule has 0 N–H and O–H groups in total. The molecule has 0 atom stereocenters. The van der Waals surface area contributed by atoms with Crippen molar-refractivity contribution in [3.63, 3.8) is 0 Å². The number of hydrogen-bond donors (Lipinski definition) is 0. The van der Waals surface area contributed by atoms with Gasteiger partial charge in [-0.25, -0.2) is 9.97 Å². The number of benzene rings is 1. The van der Waals surface area contributed by atoms with Gasteiger partial charge in [-0.15, -0.1) is 11.3 Å². The zero-order valence-electron chi connectivity index (χ0n) is 12.1. The fourth-order valence-electron chi connectivity index (χ4n) is 1.92. The molecule has 0 saturated heterocycles. The fourth-order valence-corrected chi connectivity index (χ4v) is 3.64. The standard InChI is InChI=1S/C16H12BrN3OS2/c1-20(16-18-8-9-22-16)15(21)12-4-2-3-5-13(12)23-14-7-6-11(17)10-19-14/h2-10H,1H3. The first-order valence-corrected chi connectivity index (χ1v) is 9.20. The molecule has 0 saturated carbocycles. The van der Waals surface area contributed by atoms with Gasteiger partial charge in [0.15, 0.2) is 5.13 Å². The molecule has 0 fully saturated rings. The van der Waals surface area contributed by atoms with Crippen LogP contribution in [0.15, 0.2) is 68.6 Å². The van der Waals surface area contributed by atoms with Crippen LogP contribution in [0.1, 0.15) is 10.4 Å². The number of pyridine rings is 1. The molecule has 116 valence electrons. The smallest absolute Gasteiger partial charge is 0.260 e. The molecule has 0 aliphatic heterocycles. The molecule has 4 nitrogen and oxygen atoms in total. The zero-order chi connectivity index (χ0) is 16.2. The van der Waals surface area contributed by atoms with Gasteiger partial charge in [-0.1, -0.05) is 23.9 Å². The summed E-state index contributed by atoms with van der Waals surface area (Å²) < 4.78 is 0.926. The monoisotopic (exact) mass is 405 g/mol. The van der Waals surface area contributed by atoms with Gasteiger partial charge < -0.3 is 0 Å². The third-order valence-corrected chi connectivity index (χ3v) is 5.39. The molecule has 23 heavy (non-hydrogen) atoms. The van der Waals surface area contributed by atoms with Gasteiger partial charge >= 0.3 is 0 Å². The first kappa shape index (κ1) is 16.2. The normalized spacial score (nSPS) is 10.5. The SMILES string of the molecule is CN(C(=O)c1ccccc1Sc1ccc(Br)cn1)c1nccs1. The molecule has 0 bridgehead atoms. The molecular formula is C16H12BrN3OS2. The number of thiazole rings is 1. The number of amides is 1. The Bertz CT molecular complexity index is 806. The van der Waals surface area contributed by atoms with Crippen LogP contribution in [0.5, 0.6) is 0 Å². The Kier molecular flexibility index (Phi) is 5.09. The van der Waals surface area contributed by atoms with Crippen LogP contribution < -0.4 is 4.90 Å². The van der Waals surface area contributed by atoms with Gasteiger partial charge in [0, 0.05) is 34.2 Å². The molecule has 3 rings (SSSR count). The Balaban J connectivity index is 1.88. The molecule has 2 aromatic heterocycles. The molecule has 2 heterocycles. The molecule has 1 amide bonds. The molecular weight excluding hydrogens is 394 g/mol. The molecule has 0 aliphatic carbocycles. The van der Waals surface area contributed by atoms with Crippen LogP contribution in [0.3, 0.4) is 0 Å². The average Bonchev–Trinajstić information content (AvgIpc) is 3.11. The molecule has 0 radical (unpaired) electrons.